The Morgan fingerprint density at radius 3 is 2.21 bits per heavy atom. The van der Waals surface area contributed by atoms with Crippen LogP contribution in [-0.2, 0) is 0 Å². The molecule has 7 nitrogen and oxygen atoms in total. The van der Waals surface area contributed by atoms with Crippen molar-refractivity contribution in [2.45, 2.75) is 20.8 Å². The lowest BCUT2D eigenvalue weighted by Gasteiger charge is -2.33. The number of carbonyl (C=O) groups is 2. The van der Waals surface area contributed by atoms with Crippen LogP contribution in [0.2, 0.25) is 0 Å². The van der Waals surface area contributed by atoms with E-state index in [0.29, 0.717) is 37.6 Å². The molecule has 1 aliphatic heterocycles. The summed E-state index contributed by atoms with van der Waals surface area (Å²) in [5.74, 6) is 0.0743. The molecule has 0 unspecified atom stereocenters. The molecule has 3 aromatic rings. The topological polar surface area (TPSA) is 71.6 Å². The molecular weight excluding hydrogens is 368 g/mol. The Bertz CT molecular complexity index is 1040. The lowest BCUT2D eigenvalue weighted by atomic mass is 10.1. The van der Waals surface area contributed by atoms with E-state index in [4.69, 9.17) is 4.42 Å². The fourth-order valence-corrected chi connectivity index (χ4v) is 3.53. The van der Waals surface area contributed by atoms with Gasteiger partial charge in [0.2, 0.25) is 0 Å². The zero-order valence-electron chi connectivity index (χ0n) is 16.9. The van der Waals surface area contributed by atoms with E-state index in [1.54, 1.807) is 26.6 Å². The molecule has 0 bridgehead atoms. The quantitative estimate of drug-likeness (QED) is 0.687. The number of furan rings is 1. The van der Waals surface area contributed by atoms with Crippen molar-refractivity contribution in [3.63, 3.8) is 0 Å². The normalized spacial score (nSPS) is 14.3. The average Bonchev–Trinajstić information content (AvgIpc) is 3.39. The molecule has 0 atom stereocenters. The summed E-state index contributed by atoms with van der Waals surface area (Å²) in [5, 5.41) is 4.55. The first-order chi connectivity index (χ1) is 13.9. The van der Waals surface area contributed by atoms with Gasteiger partial charge in [0.1, 0.15) is 0 Å². The van der Waals surface area contributed by atoms with Crippen molar-refractivity contribution in [2.75, 3.05) is 26.2 Å². The molecule has 0 aliphatic carbocycles. The minimum absolute atomic E-state index is 0.110. The van der Waals surface area contributed by atoms with Gasteiger partial charge in [-0.15, -0.1) is 0 Å². The summed E-state index contributed by atoms with van der Waals surface area (Å²) >= 11 is 0. The summed E-state index contributed by atoms with van der Waals surface area (Å²) in [4.78, 5) is 28.8. The van der Waals surface area contributed by atoms with Gasteiger partial charge < -0.3 is 14.2 Å². The summed E-state index contributed by atoms with van der Waals surface area (Å²) in [7, 11) is 0. The van der Waals surface area contributed by atoms with Gasteiger partial charge in [-0.25, -0.2) is 4.68 Å². The fourth-order valence-electron chi connectivity index (χ4n) is 3.53. The van der Waals surface area contributed by atoms with E-state index in [-0.39, 0.29) is 11.8 Å². The van der Waals surface area contributed by atoms with Crippen LogP contribution in [0.25, 0.3) is 5.69 Å². The van der Waals surface area contributed by atoms with Crippen molar-refractivity contribution in [3.05, 3.63) is 70.9 Å². The summed E-state index contributed by atoms with van der Waals surface area (Å²) in [5.41, 5.74) is 4.67. The molecule has 4 rings (SSSR count). The van der Waals surface area contributed by atoms with E-state index in [0.717, 1.165) is 11.4 Å². The van der Waals surface area contributed by atoms with Crippen LogP contribution in [0.3, 0.4) is 0 Å². The molecule has 1 aromatic carbocycles. The number of piperazine rings is 1. The van der Waals surface area contributed by atoms with Crippen LogP contribution in [0, 0.1) is 20.8 Å². The number of hydrogen-bond donors (Lipinski definition) is 0. The molecule has 0 N–H and O–H groups in total. The number of nitrogens with zero attached hydrogens (tertiary/aromatic N) is 4. The molecule has 29 heavy (non-hydrogen) atoms. The summed E-state index contributed by atoms with van der Waals surface area (Å²) in [6, 6.07) is 11.3. The van der Waals surface area contributed by atoms with Crippen LogP contribution in [0.1, 0.15) is 37.9 Å². The van der Waals surface area contributed by atoms with Gasteiger partial charge in [-0.05, 0) is 62.2 Å². The minimum Gasteiger partial charge on any atom is -0.459 e. The molecule has 1 fully saturated rings. The first-order valence-electron chi connectivity index (χ1n) is 9.70. The Labute approximate surface area is 169 Å². The number of aryl methyl sites for hydroxylation is 3. The lowest BCUT2D eigenvalue weighted by Crippen LogP contribution is -2.50. The van der Waals surface area contributed by atoms with Crippen LogP contribution in [-0.4, -0.2) is 57.6 Å². The van der Waals surface area contributed by atoms with E-state index in [1.807, 2.05) is 19.1 Å². The Hall–Kier alpha value is -3.35. The molecule has 7 heteroatoms. The second-order valence-corrected chi connectivity index (χ2v) is 7.41. The molecule has 1 saturated heterocycles. The molecule has 2 amide bonds. The highest BCUT2D eigenvalue weighted by Gasteiger charge is 2.28. The van der Waals surface area contributed by atoms with Crippen molar-refractivity contribution in [1.29, 1.82) is 0 Å². The monoisotopic (exact) mass is 392 g/mol. The van der Waals surface area contributed by atoms with E-state index in [2.05, 4.69) is 31.1 Å². The number of carbonyl (C=O) groups excluding carboxylic acids is 2. The Morgan fingerprint density at radius 1 is 0.897 bits per heavy atom. The Morgan fingerprint density at radius 2 is 1.59 bits per heavy atom. The van der Waals surface area contributed by atoms with Crippen LogP contribution in [0.4, 0.5) is 0 Å². The second kappa shape index (κ2) is 7.58. The van der Waals surface area contributed by atoms with E-state index in [9.17, 15) is 9.59 Å². The number of amides is 2. The molecule has 3 heterocycles. The van der Waals surface area contributed by atoms with Gasteiger partial charge in [0.25, 0.3) is 11.8 Å². The molecule has 0 radical (unpaired) electrons. The van der Waals surface area contributed by atoms with Gasteiger partial charge in [-0.3, -0.25) is 9.59 Å². The highest BCUT2D eigenvalue weighted by molar-refractivity contribution is 5.93. The van der Waals surface area contributed by atoms with Crippen LogP contribution in [0.15, 0.2) is 47.1 Å². The smallest absolute Gasteiger partial charge is 0.289 e. The zero-order valence-corrected chi connectivity index (χ0v) is 16.9. The first kappa shape index (κ1) is 19.0. The highest BCUT2D eigenvalue weighted by atomic mass is 16.3. The zero-order chi connectivity index (χ0) is 20.5. The van der Waals surface area contributed by atoms with Gasteiger partial charge in [0.05, 0.1) is 12.0 Å². The maximum Gasteiger partial charge on any atom is 0.289 e. The van der Waals surface area contributed by atoms with Crippen molar-refractivity contribution < 1.29 is 14.0 Å². The lowest BCUT2D eigenvalue weighted by molar-refractivity contribution is 0.0515. The van der Waals surface area contributed by atoms with E-state index < -0.39 is 0 Å². The summed E-state index contributed by atoms with van der Waals surface area (Å²) < 4.78 is 6.98. The van der Waals surface area contributed by atoms with Crippen molar-refractivity contribution in [2.24, 2.45) is 0 Å². The number of benzene rings is 1. The van der Waals surface area contributed by atoms with Gasteiger partial charge in [-0.1, -0.05) is 6.07 Å². The predicted molar refractivity (Wildman–Crippen MR) is 108 cm³/mol. The fraction of sp³-hybridized carbons (Fsp3) is 0.318. The Kier molecular flexibility index (Phi) is 4.96. The standard InChI is InChI=1S/C22H24N4O3/c1-15-6-7-18(13-16(15)2)26-17(3)14-19(23-26)21(27)24-8-10-25(11-9-24)22(28)20-5-4-12-29-20/h4-7,12-14H,8-11H2,1-3H3. The van der Waals surface area contributed by atoms with Gasteiger partial charge in [0.15, 0.2) is 11.5 Å². The highest BCUT2D eigenvalue weighted by Crippen LogP contribution is 2.18. The first-order valence-corrected chi connectivity index (χ1v) is 9.70. The second-order valence-electron chi connectivity index (χ2n) is 7.41. The van der Waals surface area contributed by atoms with Gasteiger partial charge in [-0.2, -0.15) is 5.10 Å². The van der Waals surface area contributed by atoms with Crippen molar-refractivity contribution in [3.8, 4) is 5.69 Å². The third kappa shape index (κ3) is 3.68. The predicted octanol–water partition coefficient (Wildman–Crippen LogP) is 2.99. The largest absolute Gasteiger partial charge is 0.459 e. The number of rotatable bonds is 3. The molecular formula is C22H24N4O3. The van der Waals surface area contributed by atoms with Crippen LogP contribution in [0.5, 0.6) is 0 Å². The Balaban J connectivity index is 1.45. The van der Waals surface area contributed by atoms with Gasteiger partial charge >= 0.3 is 0 Å². The third-order valence-electron chi connectivity index (χ3n) is 5.43. The SMILES string of the molecule is Cc1ccc(-n2nc(C(=O)N3CCN(C(=O)c4ccco4)CC3)cc2C)cc1C. The average molecular weight is 392 g/mol. The van der Waals surface area contributed by atoms with E-state index in [1.165, 1.54) is 17.4 Å². The van der Waals surface area contributed by atoms with Gasteiger partial charge in [0, 0.05) is 31.9 Å². The molecule has 2 aromatic heterocycles. The number of hydrogen-bond acceptors (Lipinski definition) is 4. The van der Waals surface area contributed by atoms with E-state index >= 15 is 0 Å². The maximum absolute atomic E-state index is 13.0. The molecule has 1 aliphatic rings. The van der Waals surface area contributed by atoms with Crippen molar-refractivity contribution in [1.82, 2.24) is 19.6 Å². The minimum atomic E-state index is -0.142. The molecule has 150 valence electrons. The van der Waals surface area contributed by atoms with Crippen molar-refractivity contribution >= 4 is 11.8 Å². The number of aromatic nitrogens is 2. The molecule has 0 spiro atoms. The summed E-state index contributed by atoms with van der Waals surface area (Å²) in [6.07, 6.45) is 1.49. The van der Waals surface area contributed by atoms with Crippen LogP contribution >= 0.6 is 0 Å². The molecule has 0 saturated carbocycles. The summed E-state index contributed by atoms with van der Waals surface area (Å²) in [6.45, 7) is 7.97. The van der Waals surface area contributed by atoms with Crippen LogP contribution < -0.4 is 0 Å². The maximum atomic E-state index is 13.0. The third-order valence-corrected chi connectivity index (χ3v) is 5.43.